The molecule has 0 saturated carbocycles. The molecule has 462 valence electrons. The Labute approximate surface area is 496 Å². The Balaban J connectivity index is 0.000000261. The van der Waals surface area contributed by atoms with Crippen LogP contribution < -0.4 is 0 Å². The summed E-state index contributed by atoms with van der Waals surface area (Å²) in [6.07, 6.45) is 81.5. The summed E-state index contributed by atoms with van der Waals surface area (Å²) in [4.78, 5) is 33.2. The van der Waals surface area contributed by atoms with Crippen LogP contribution in [0.3, 0.4) is 0 Å². The van der Waals surface area contributed by atoms with Crippen LogP contribution in [0.5, 0.6) is 0 Å². The SMILES string of the molecule is C=CCC/C=C/C=C\CCCCCC[C@H]1CC[C@@H]([C@H]2CC[C@@H](CC)OO2)O1.C=CCC/C=C/C=C\CCCCCC[C@H]1CC[C@H]([C@H]2CC[C@@H](CC)OO2)O1.C=CCC/C=C\C=C/CCCCCC[C@H]1CC[C@H]([C@H]2CC[C@@H](CC)OO2)O1. The van der Waals surface area contributed by atoms with E-state index in [0.29, 0.717) is 18.3 Å². The minimum absolute atomic E-state index is 0.149. The summed E-state index contributed by atoms with van der Waals surface area (Å²) in [6.45, 7) is 17.6. The van der Waals surface area contributed by atoms with Crippen molar-refractivity contribution in [2.24, 2.45) is 0 Å². The maximum absolute atomic E-state index is 6.24. The molecule has 0 amide bonds. The molecule has 12 atom stereocenters. The topological polar surface area (TPSA) is 83.1 Å². The minimum atomic E-state index is 0.149. The number of unbranched alkanes of at least 4 members (excludes halogenated alkanes) is 15. The summed E-state index contributed by atoms with van der Waals surface area (Å²) in [7, 11) is 0. The first-order valence-electron chi connectivity index (χ1n) is 33.7. The zero-order valence-electron chi connectivity index (χ0n) is 52.0. The van der Waals surface area contributed by atoms with Gasteiger partial charge >= 0.3 is 0 Å². The zero-order valence-corrected chi connectivity index (χ0v) is 52.0. The first-order chi connectivity index (χ1) is 40.0. The molecule has 6 rings (SSSR count). The smallest absolute Gasteiger partial charge is 0.119 e. The van der Waals surface area contributed by atoms with Gasteiger partial charge in [0.15, 0.2) is 0 Å². The summed E-state index contributed by atoms with van der Waals surface area (Å²) < 4.78 is 18.7. The molecule has 0 aliphatic carbocycles. The van der Waals surface area contributed by atoms with Gasteiger partial charge < -0.3 is 14.2 Å². The molecule has 81 heavy (non-hydrogen) atoms. The van der Waals surface area contributed by atoms with Crippen molar-refractivity contribution in [3.05, 3.63) is 111 Å². The molecule has 6 aliphatic heterocycles. The summed E-state index contributed by atoms with van der Waals surface area (Å²) in [5.41, 5.74) is 0. The molecule has 0 radical (unpaired) electrons. The number of rotatable bonds is 39. The second-order valence-electron chi connectivity index (χ2n) is 23.8. The van der Waals surface area contributed by atoms with Crippen LogP contribution in [0, 0.1) is 0 Å². The lowest BCUT2D eigenvalue weighted by Crippen LogP contribution is -2.36. The molecule has 6 fully saturated rings. The Morgan fingerprint density at radius 3 is 0.753 bits per heavy atom. The Hall–Kier alpha value is -2.70. The highest BCUT2D eigenvalue weighted by Crippen LogP contribution is 2.35. The molecule has 0 bridgehead atoms. The van der Waals surface area contributed by atoms with E-state index in [0.717, 1.165) is 116 Å². The van der Waals surface area contributed by atoms with E-state index in [4.69, 9.17) is 43.5 Å². The zero-order chi connectivity index (χ0) is 57.5. The molecular formula is C72H120O9. The molecule has 6 saturated heterocycles. The highest BCUT2D eigenvalue weighted by molar-refractivity contribution is 5.04. The predicted octanol–water partition coefficient (Wildman–Crippen LogP) is 20.5. The van der Waals surface area contributed by atoms with E-state index in [1.807, 2.05) is 18.2 Å². The van der Waals surface area contributed by atoms with Crippen molar-refractivity contribution < 1.29 is 43.5 Å². The fourth-order valence-electron chi connectivity index (χ4n) is 11.7. The number of allylic oxidation sites excluding steroid dienone is 15. The second kappa shape index (κ2) is 48.5. The van der Waals surface area contributed by atoms with Gasteiger partial charge in [0.1, 0.15) is 18.3 Å². The number of hydrogen-bond acceptors (Lipinski definition) is 9. The predicted molar refractivity (Wildman–Crippen MR) is 338 cm³/mol. The van der Waals surface area contributed by atoms with Gasteiger partial charge in [-0.05, 0) is 193 Å². The molecular weight excluding hydrogens is 1010 g/mol. The van der Waals surface area contributed by atoms with Gasteiger partial charge in [0.05, 0.1) is 54.9 Å². The normalized spacial score (nSPS) is 29.1. The molecule has 9 heteroatoms. The Morgan fingerprint density at radius 1 is 0.259 bits per heavy atom. The standard InChI is InChI=1S/3C24H40O3/c3*1-3-5-6-7-8-9-10-11-12-13-14-15-16-22-18-19-23(25-22)24-20-17-21(4-2)26-27-24/h3*3,7-10,21-24H,1,4-6,11-20H2,2H3/b2*8-7+,10-9-;8-7-,10-9-/t21-,22+,23+,24-;2*21-,22+,23-,24-/m111/s1. The maximum atomic E-state index is 6.24. The fourth-order valence-corrected chi connectivity index (χ4v) is 11.7. The fraction of sp³-hybridized carbons (Fsp3) is 0.750. The van der Waals surface area contributed by atoms with E-state index < -0.39 is 0 Å². The molecule has 0 aromatic carbocycles. The van der Waals surface area contributed by atoms with E-state index in [1.54, 1.807) is 0 Å². The molecule has 0 aromatic rings. The van der Waals surface area contributed by atoms with Crippen molar-refractivity contribution in [2.75, 3.05) is 0 Å². The van der Waals surface area contributed by atoms with Crippen LogP contribution in [0.15, 0.2) is 111 Å². The number of hydrogen-bond donors (Lipinski definition) is 0. The first-order valence-corrected chi connectivity index (χ1v) is 33.7. The largest absolute Gasteiger partial charge is 0.372 e. The quantitative estimate of drug-likeness (QED) is 0.0259. The molecule has 9 nitrogen and oxygen atoms in total. The van der Waals surface area contributed by atoms with Crippen LogP contribution >= 0.6 is 0 Å². The van der Waals surface area contributed by atoms with Crippen molar-refractivity contribution >= 4 is 0 Å². The Kier molecular flexibility index (Phi) is 42.4. The van der Waals surface area contributed by atoms with Crippen molar-refractivity contribution in [3.8, 4) is 0 Å². The van der Waals surface area contributed by atoms with Gasteiger partial charge in [0.25, 0.3) is 0 Å². The van der Waals surface area contributed by atoms with Gasteiger partial charge in [0.2, 0.25) is 0 Å². The van der Waals surface area contributed by atoms with Gasteiger partial charge in [-0.2, -0.15) is 0 Å². The third kappa shape index (κ3) is 33.5. The van der Waals surface area contributed by atoms with Crippen LogP contribution in [0.25, 0.3) is 0 Å². The highest BCUT2D eigenvalue weighted by Gasteiger charge is 2.38. The molecule has 0 aromatic heterocycles. The maximum Gasteiger partial charge on any atom is 0.119 e. The third-order valence-electron chi connectivity index (χ3n) is 17.0. The first kappa shape index (κ1) is 70.8. The van der Waals surface area contributed by atoms with Crippen LogP contribution in [0.1, 0.15) is 271 Å². The second-order valence-corrected chi connectivity index (χ2v) is 23.8. The summed E-state index contributed by atoms with van der Waals surface area (Å²) in [5, 5.41) is 0. The van der Waals surface area contributed by atoms with Gasteiger partial charge in [-0.25, -0.2) is 29.3 Å². The lowest BCUT2D eigenvalue weighted by molar-refractivity contribution is -0.386. The van der Waals surface area contributed by atoms with Gasteiger partial charge in [-0.1, -0.05) is 170 Å². The van der Waals surface area contributed by atoms with Gasteiger partial charge in [-0.15, -0.1) is 19.7 Å². The van der Waals surface area contributed by atoms with E-state index >= 15 is 0 Å². The molecule has 0 N–H and O–H groups in total. The summed E-state index contributed by atoms with van der Waals surface area (Å²) in [6, 6.07) is 0. The lowest BCUT2D eigenvalue weighted by atomic mass is 10.0. The summed E-state index contributed by atoms with van der Waals surface area (Å²) in [5.74, 6) is 0. The third-order valence-corrected chi connectivity index (χ3v) is 17.0. The summed E-state index contributed by atoms with van der Waals surface area (Å²) >= 11 is 0. The molecule has 0 unspecified atom stereocenters. The van der Waals surface area contributed by atoms with E-state index in [2.05, 4.69) is 113 Å². The van der Waals surface area contributed by atoms with Crippen molar-refractivity contribution in [1.29, 1.82) is 0 Å². The average Bonchev–Trinajstić information content (AvgIpc) is 4.37. The van der Waals surface area contributed by atoms with Crippen LogP contribution in [-0.4, -0.2) is 73.2 Å². The average molecular weight is 1130 g/mol. The van der Waals surface area contributed by atoms with Crippen molar-refractivity contribution in [1.82, 2.24) is 0 Å². The van der Waals surface area contributed by atoms with Gasteiger partial charge in [0, 0.05) is 0 Å². The molecule has 0 spiro atoms. The number of ether oxygens (including phenoxy) is 3. The van der Waals surface area contributed by atoms with Crippen molar-refractivity contribution in [3.63, 3.8) is 0 Å². The minimum Gasteiger partial charge on any atom is -0.372 e. The molecule has 6 heterocycles. The lowest BCUT2D eigenvalue weighted by Gasteiger charge is -2.30. The van der Waals surface area contributed by atoms with E-state index in [9.17, 15) is 0 Å². The molecule has 6 aliphatic rings. The Morgan fingerprint density at radius 2 is 0.506 bits per heavy atom. The van der Waals surface area contributed by atoms with Crippen LogP contribution in [-0.2, 0) is 43.5 Å². The highest BCUT2D eigenvalue weighted by atomic mass is 17.2. The van der Waals surface area contributed by atoms with Crippen molar-refractivity contribution in [2.45, 2.75) is 344 Å². The van der Waals surface area contributed by atoms with E-state index in [1.165, 1.54) is 135 Å². The van der Waals surface area contributed by atoms with Crippen LogP contribution in [0.2, 0.25) is 0 Å². The Bertz CT molecular complexity index is 1500. The van der Waals surface area contributed by atoms with Crippen LogP contribution in [0.4, 0.5) is 0 Å². The monoisotopic (exact) mass is 1130 g/mol. The van der Waals surface area contributed by atoms with Gasteiger partial charge in [-0.3, -0.25) is 0 Å². The van der Waals surface area contributed by atoms with E-state index in [-0.39, 0.29) is 54.9 Å².